The highest BCUT2D eigenvalue weighted by Gasteiger charge is 2.35. The molecule has 0 bridgehead atoms. The minimum absolute atomic E-state index is 0.137. The first kappa shape index (κ1) is 15.1. The second-order valence-electron chi connectivity index (χ2n) is 7.11. The Morgan fingerprint density at radius 2 is 1.60 bits per heavy atom. The van der Waals surface area contributed by atoms with E-state index in [1.165, 1.54) is 30.4 Å². The molecule has 2 aromatic rings. The number of likely N-dealkylation sites (tertiary alicyclic amines) is 1. The fourth-order valence-electron chi connectivity index (χ4n) is 4.27. The van der Waals surface area contributed by atoms with Gasteiger partial charge in [-0.1, -0.05) is 36.8 Å². The van der Waals surface area contributed by atoms with Gasteiger partial charge in [0, 0.05) is 37.1 Å². The zero-order chi connectivity index (χ0) is 16.6. The Kier molecular flexibility index (Phi) is 3.78. The molecule has 2 atom stereocenters. The average Bonchev–Trinajstić information content (AvgIpc) is 3.14. The fraction of sp³-hybridized carbons (Fsp3) is 0.429. The summed E-state index contributed by atoms with van der Waals surface area (Å²) >= 11 is 0. The molecule has 0 amide bonds. The summed E-state index contributed by atoms with van der Waals surface area (Å²) < 4.78 is 17.6. The van der Waals surface area contributed by atoms with Crippen LogP contribution in [0.15, 0.2) is 42.5 Å². The Hall–Kier alpha value is -2.20. The van der Waals surface area contributed by atoms with Gasteiger partial charge in [-0.3, -0.25) is 4.90 Å². The van der Waals surface area contributed by atoms with Crippen LogP contribution in [0.1, 0.15) is 42.7 Å². The van der Waals surface area contributed by atoms with Gasteiger partial charge in [0.15, 0.2) is 17.7 Å². The normalized spacial score (nSPS) is 25.3. The number of hydrogen-bond acceptors (Lipinski definition) is 4. The van der Waals surface area contributed by atoms with Crippen molar-refractivity contribution >= 4 is 0 Å². The molecule has 0 spiro atoms. The van der Waals surface area contributed by atoms with Gasteiger partial charge >= 0.3 is 0 Å². The Morgan fingerprint density at radius 3 is 2.40 bits per heavy atom. The second-order valence-corrected chi connectivity index (χ2v) is 7.11. The zero-order valence-electron chi connectivity index (χ0n) is 14.3. The summed E-state index contributed by atoms with van der Waals surface area (Å²) in [6, 6.07) is 14.9. The number of rotatable bonds is 2. The first-order valence-electron chi connectivity index (χ1n) is 9.28. The molecule has 1 saturated heterocycles. The van der Waals surface area contributed by atoms with Gasteiger partial charge in [-0.05, 0) is 24.5 Å². The maximum atomic E-state index is 6.44. The van der Waals surface area contributed by atoms with Crippen LogP contribution in [0.2, 0.25) is 0 Å². The summed E-state index contributed by atoms with van der Waals surface area (Å²) in [5.41, 5.74) is 2.55. The van der Waals surface area contributed by atoms with Gasteiger partial charge in [0.25, 0.3) is 0 Å². The van der Waals surface area contributed by atoms with Crippen LogP contribution in [0.5, 0.6) is 17.2 Å². The molecule has 25 heavy (non-hydrogen) atoms. The molecule has 130 valence electrons. The lowest BCUT2D eigenvalue weighted by molar-refractivity contribution is -0.00600. The van der Waals surface area contributed by atoms with E-state index in [0.717, 1.165) is 36.8 Å². The molecule has 2 unspecified atom stereocenters. The number of hydrogen-bond donors (Lipinski definition) is 0. The molecule has 4 nitrogen and oxygen atoms in total. The van der Waals surface area contributed by atoms with Crippen molar-refractivity contribution in [2.45, 2.75) is 37.8 Å². The summed E-state index contributed by atoms with van der Waals surface area (Å²) in [4.78, 5) is 2.51. The molecule has 2 aromatic carbocycles. The molecule has 0 radical (unpaired) electrons. The van der Waals surface area contributed by atoms with Crippen molar-refractivity contribution in [2.75, 3.05) is 19.9 Å². The number of ether oxygens (including phenoxy) is 3. The number of nitrogens with zero attached hydrogens (tertiary/aromatic N) is 1. The van der Waals surface area contributed by atoms with Crippen LogP contribution in [-0.2, 0) is 0 Å². The number of fused-ring (bicyclic) bond motifs is 2. The minimum atomic E-state index is 0.137. The van der Waals surface area contributed by atoms with E-state index >= 15 is 0 Å². The third-order valence-electron chi connectivity index (χ3n) is 5.58. The monoisotopic (exact) mass is 337 g/mol. The van der Waals surface area contributed by atoms with Crippen molar-refractivity contribution in [1.82, 2.24) is 4.90 Å². The van der Waals surface area contributed by atoms with Crippen LogP contribution in [0.25, 0.3) is 0 Å². The SMILES string of the molecule is c1ccc(C2CC(N3CCCCC3)Oc3cc4c(cc32)OCO4)cc1. The van der Waals surface area contributed by atoms with E-state index in [9.17, 15) is 0 Å². The molecule has 0 saturated carbocycles. The van der Waals surface area contributed by atoms with Crippen LogP contribution in [-0.4, -0.2) is 31.0 Å². The molecule has 0 N–H and O–H groups in total. The van der Waals surface area contributed by atoms with Crippen LogP contribution >= 0.6 is 0 Å². The predicted octanol–water partition coefficient (Wildman–Crippen LogP) is 4.14. The molecule has 0 aliphatic carbocycles. The van der Waals surface area contributed by atoms with E-state index in [0.29, 0.717) is 12.7 Å². The van der Waals surface area contributed by atoms with Crippen molar-refractivity contribution in [2.24, 2.45) is 0 Å². The van der Waals surface area contributed by atoms with Crippen LogP contribution in [0.4, 0.5) is 0 Å². The standard InChI is InChI=1S/C21H23NO3/c1-3-7-15(8-4-1)16-12-21(22-9-5-2-6-10-22)25-18-13-20-19(11-17(16)18)23-14-24-20/h1,3-4,7-8,11,13,16,21H,2,5-6,9-10,12,14H2. The Labute approximate surface area is 148 Å². The molecule has 4 heteroatoms. The largest absolute Gasteiger partial charge is 0.475 e. The van der Waals surface area contributed by atoms with E-state index in [1.54, 1.807) is 0 Å². The predicted molar refractivity (Wildman–Crippen MR) is 95.3 cm³/mol. The number of piperidine rings is 1. The van der Waals surface area contributed by atoms with Gasteiger partial charge in [-0.15, -0.1) is 0 Å². The highest BCUT2D eigenvalue weighted by molar-refractivity contribution is 5.55. The maximum Gasteiger partial charge on any atom is 0.231 e. The van der Waals surface area contributed by atoms with Crippen molar-refractivity contribution in [3.05, 3.63) is 53.6 Å². The van der Waals surface area contributed by atoms with Gasteiger partial charge < -0.3 is 14.2 Å². The lowest BCUT2D eigenvalue weighted by Gasteiger charge is -2.40. The summed E-state index contributed by atoms with van der Waals surface area (Å²) in [5.74, 6) is 2.90. The average molecular weight is 337 g/mol. The van der Waals surface area contributed by atoms with E-state index in [-0.39, 0.29) is 6.23 Å². The summed E-state index contributed by atoms with van der Waals surface area (Å²) in [5, 5.41) is 0. The quantitative estimate of drug-likeness (QED) is 0.824. The first-order valence-corrected chi connectivity index (χ1v) is 9.28. The highest BCUT2D eigenvalue weighted by Crippen LogP contribution is 2.47. The zero-order valence-corrected chi connectivity index (χ0v) is 14.3. The molecule has 5 rings (SSSR count). The Balaban J connectivity index is 1.55. The van der Waals surface area contributed by atoms with Gasteiger partial charge in [0.05, 0.1) is 0 Å². The minimum Gasteiger partial charge on any atom is -0.475 e. The summed E-state index contributed by atoms with van der Waals surface area (Å²) in [7, 11) is 0. The number of benzene rings is 2. The molecular weight excluding hydrogens is 314 g/mol. The van der Waals surface area contributed by atoms with Gasteiger partial charge in [0.1, 0.15) is 5.75 Å². The molecular formula is C21H23NO3. The van der Waals surface area contributed by atoms with Crippen molar-refractivity contribution in [3.8, 4) is 17.2 Å². The van der Waals surface area contributed by atoms with E-state index in [2.05, 4.69) is 41.3 Å². The first-order chi connectivity index (χ1) is 12.4. The lowest BCUT2D eigenvalue weighted by Crippen LogP contribution is -2.45. The molecule has 3 heterocycles. The van der Waals surface area contributed by atoms with Crippen molar-refractivity contribution < 1.29 is 14.2 Å². The topological polar surface area (TPSA) is 30.9 Å². The van der Waals surface area contributed by atoms with Crippen LogP contribution in [0, 0.1) is 0 Å². The molecule has 3 aliphatic heterocycles. The van der Waals surface area contributed by atoms with E-state index < -0.39 is 0 Å². The third kappa shape index (κ3) is 2.74. The van der Waals surface area contributed by atoms with Crippen molar-refractivity contribution in [3.63, 3.8) is 0 Å². The van der Waals surface area contributed by atoms with E-state index in [1.807, 2.05) is 6.07 Å². The third-order valence-corrected chi connectivity index (χ3v) is 5.58. The summed E-state index contributed by atoms with van der Waals surface area (Å²) in [6.07, 6.45) is 4.99. The van der Waals surface area contributed by atoms with Gasteiger partial charge in [-0.25, -0.2) is 0 Å². The second kappa shape index (κ2) is 6.26. The van der Waals surface area contributed by atoms with E-state index in [4.69, 9.17) is 14.2 Å². The fourth-order valence-corrected chi connectivity index (χ4v) is 4.27. The van der Waals surface area contributed by atoms with Gasteiger partial charge in [0.2, 0.25) is 6.79 Å². The lowest BCUT2D eigenvalue weighted by atomic mass is 9.85. The van der Waals surface area contributed by atoms with Crippen molar-refractivity contribution in [1.29, 1.82) is 0 Å². The summed E-state index contributed by atoms with van der Waals surface area (Å²) in [6.45, 7) is 2.56. The Morgan fingerprint density at radius 1 is 0.840 bits per heavy atom. The van der Waals surface area contributed by atoms with Gasteiger partial charge in [-0.2, -0.15) is 0 Å². The molecule has 0 aromatic heterocycles. The maximum absolute atomic E-state index is 6.44. The smallest absolute Gasteiger partial charge is 0.231 e. The molecule has 3 aliphatic rings. The van der Waals surface area contributed by atoms with Crippen LogP contribution < -0.4 is 14.2 Å². The molecule has 1 fully saturated rings. The highest BCUT2D eigenvalue weighted by atomic mass is 16.7. The Bertz CT molecular complexity index is 755. The van der Waals surface area contributed by atoms with Crippen LogP contribution in [0.3, 0.4) is 0 Å².